The second-order valence-electron chi connectivity index (χ2n) is 6.36. The number of nitrogens with one attached hydrogen (secondary N) is 3. The molecule has 126 valence electrons. The molecule has 6 nitrogen and oxygen atoms in total. The normalized spacial score (nSPS) is 23.7. The zero-order chi connectivity index (χ0) is 15.8. The highest BCUT2D eigenvalue weighted by Gasteiger charge is 2.20. The van der Waals surface area contributed by atoms with Crippen LogP contribution < -0.4 is 16.0 Å². The topological polar surface area (TPSA) is 68.8 Å². The monoisotopic (exact) mass is 309 g/mol. The third-order valence-electron chi connectivity index (χ3n) is 4.62. The smallest absolute Gasteiger partial charge is 0.220 e. The molecular formula is C16H31N5O. The van der Waals surface area contributed by atoms with E-state index in [1.54, 1.807) is 0 Å². The van der Waals surface area contributed by atoms with E-state index >= 15 is 0 Å². The first-order valence-electron chi connectivity index (χ1n) is 8.71. The summed E-state index contributed by atoms with van der Waals surface area (Å²) in [5.41, 5.74) is 0. The number of rotatable bonds is 6. The largest absolute Gasteiger partial charge is 0.357 e. The number of nitrogens with zero attached hydrogens (tertiary/aromatic N) is 2. The zero-order valence-electron chi connectivity index (χ0n) is 14.0. The molecule has 2 aliphatic rings. The van der Waals surface area contributed by atoms with Crippen LogP contribution in [0.15, 0.2) is 4.99 Å². The predicted molar refractivity (Wildman–Crippen MR) is 90.0 cm³/mol. The maximum Gasteiger partial charge on any atom is 0.220 e. The fourth-order valence-corrected chi connectivity index (χ4v) is 3.22. The molecule has 0 aromatic carbocycles. The highest BCUT2D eigenvalue weighted by molar-refractivity contribution is 5.81. The van der Waals surface area contributed by atoms with Gasteiger partial charge in [-0.1, -0.05) is 12.8 Å². The first-order chi connectivity index (χ1) is 10.7. The molecule has 1 unspecified atom stereocenters. The van der Waals surface area contributed by atoms with Crippen molar-refractivity contribution < 1.29 is 4.79 Å². The van der Waals surface area contributed by atoms with E-state index in [9.17, 15) is 4.79 Å². The number of likely N-dealkylation sites (N-methyl/N-ethyl adjacent to an activating group) is 1. The predicted octanol–water partition coefficient (Wildman–Crippen LogP) is 0.695. The van der Waals surface area contributed by atoms with E-state index in [2.05, 4.69) is 39.8 Å². The quantitative estimate of drug-likeness (QED) is 0.499. The van der Waals surface area contributed by atoms with Gasteiger partial charge in [0, 0.05) is 38.1 Å². The van der Waals surface area contributed by atoms with Crippen molar-refractivity contribution in [3.63, 3.8) is 0 Å². The first kappa shape index (κ1) is 17.1. The summed E-state index contributed by atoms with van der Waals surface area (Å²) < 4.78 is 0. The van der Waals surface area contributed by atoms with Crippen molar-refractivity contribution in [3.8, 4) is 0 Å². The van der Waals surface area contributed by atoms with E-state index in [4.69, 9.17) is 0 Å². The van der Waals surface area contributed by atoms with E-state index < -0.39 is 0 Å². The summed E-state index contributed by atoms with van der Waals surface area (Å²) in [4.78, 5) is 18.3. The first-order valence-corrected chi connectivity index (χ1v) is 8.71. The van der Waals surface area contributed by atoms with Gasteiger partial charge in [0.1, 0.15) is 0 Å². The number of hydrogen-bond donors (Lipinski definition) is 3. The van der Waals surface area contributed by atoms with E-state index in [-0.39, 0.29) is 11.9 Å². The van der Waals surface area contributed by atoms with Crippen molar-refractivity contribution in [2.24, 2.45) is 4.99 Å². The van der Waals surface area contributed by atoms with Gasteiger partial charge in [0.2, 0.25) is 5.91 Å². The molecule has 1 aliphatic carbocycles. The Kier molecular flexibility index (Phi) is 6.96. The fraction of sp³-hybridized carbons (Fsp3) is 0.875. The zero-order valence-corrected chi connectivity index (χ0v) is 14.0. The summed E-state index contributed by atoms with van der Waals surface area (Å²) in [6, 6.07) is 1.03. The lowest BCUT2D eigenvalue weighted by molar-refractivity contribution is -0.122. The Labute approximate surface area is 134 Å². The van der Waals surface area contributed by atoms with Crippen molar-refractivity contribution in [1.29, 1.82) is 0 Å². The minimum atomic E-state index is 0.151. The van der Waals surface area contributed by atoms with Crippen LogP contribution in [0.4, 0.5) is 0 Å². The number of aliphatic imine (C=N–C) groups is 1. The molecule has 2 rings (SSSR count). The minimum absolute atomic E-state index is 0.151. The van der Waals surface area contributed by atoms with E-state index in [1.165, 1.54) is 25.7 Å². The number of piperidine rings is 1. The second kappa shape index (κ2) is 8.98. The SMILES string of the molecule is CCNC(=NCCN(C)C1CCCC1)NC1CCC(=O)NC1. The molecule has 1 atom stereocenters. The van der Waals surface area contributed by atoms with E-state index in [0.29, 0.717) is 13.0 Å². The molecule has 0 bridgehead atoms. The fourth-order valence-electron chi connectivity index (χ4n) is 3.22. The van der Waals surface area contributed by atoms with Crippen LogP contribution in [-0.2, 0) is 4.79 Å². The molecule has 2 fully saturated rings. The highest BCUT2D eigenvalue weighted by Crippen LogP contribution is 2.21. The second-order valence-corrected chi connectivity index (χ2v) is 6.36. The number of guanidine groups is 1. The average molecular weight is 309 g/mol. The Bertz CT molecular complexity index is 369. The Morgan fingerprint density at radius 2 is 2.14 bits per heavy atom. The van der Waals surface area contributed by atoms with Gasteiger partial charge in [-0.2, -0.15) is 0 Å². The third-order valence-corrected chi connectivity index (χ3v) is 4.62. The van der Waals surface area contributed by atoms with Gasteiger partial charge in [-0.3, -0.25) is 9.79 Å². The van der Waals surface area contributed by atoms with Crippen LogP contribution in [0.3, 0.4) is 0 Å². The molecule has 0 radical (unpaired) electrons. The lowest BCUT2D eigenvalue weighted by Gasteiger charge is -2.26. The molecule has 1 saturated carbocycles. The Hall–Kier alpha value is -1.30. The number of carbonyl (C=O) groups is 1. The lowest BCUT2D eigenvalue weighted by Crippen LogP contribution is -2.51. The maximum absolute atomic E-state index is 11.2. The van der Waals surface area contributed by atoms with Gasteiger partial charge in [0.05, 0.1) is 6.54 Å². The van der Waals surface area contributed by atoms with Crippen molar-refractivity contribution in [2.45, 2.75) is 57.5 Å². The minimum Gasteiger partial charge on any atom is -0.357 e. The average Bonchev–Trinajstić information content (AvgIpc) is 3.04. The Morgan fingerprint density at radius 1 is 1.36 bits per heavy atom. The maximum atomic E-state index is 11.2. The summed E-state index contributed by atoms with van der Waals surface area (Å²) >= 11 is 0. The number of amides is 1. The molecule has 6 heteroatoms. The molecule has 0 aromatic rings. The van der Waals surface area contributed by atoms with Crippen LogP contribution in [0, 0.1) is 0 Å². The summed E-state index contributed by atoms with van der Waals surface area (Å²) in [6.07, 6.45) is 6.88. The van der Waals surface area contributed by atoms with Gasteiger partial charge in [-0.05, 0) is 33.2 Å². The highest BCUT2D eigenvalue weighted by atomic mass is 16.1. The van der Waals surface area contributed by atoms with Gasteiger partial charge < -0.3 is 20.9 Å². The number of hydrogen-bond acceptors (Lipinski definition) is 3. The summed E-state index contributed by atoms with van der Waals surface area (Å²) in [7, 11) is 2.21. The molecule has 0 aromatic heterocycles. The summed E-state index contributed by atoms with van der Waals surface area (Å²) in [6.45, 7) is 5.42. The Balaban J connectivity index is 1.75. The van der Waals surface area contributed by atoms with Crippen LogP contribution >= 0.6 is 0 Å². The van der Waals surface area contributed by atoms with Crippen LogP contribution in [-0.4, -0.2) is 62.1 Å². The summed E-state index contributed by atoms with van der Waals surface area (Å²) in [5, 5.41) is 9.62. The number of carbonyl (C=O) groups excluding carboxylic acids is 1. The molecule has 1 aliphatic heterocycles. The molecule has 22 heavy (non-hydrogen) atoms. The molecule has 1 amide bonds. The standard InChI is InChI=1S/C16H31N5O/c1-3-17-16(20-13-8-9-15(22)19-12-13)18-10-11-21(2)14-6-4-5-7-14/h13-14H,3-12H2,1-2H3,(H,19,22)(H2,17,18,20). The van der Waals surface area contributed by atoms with Gasteiger partial charge >= 0.3 is 0 Å². The van der Waals surface area contributed by atoms with Gasteiger partial charge in [0.25, 0.3) is 0 Å². The van der Waals surface area contributed by atoms with Crippen LogP contribution in [0.5, 0.6) is 0 Å². The van der Waals surface area contributed by atoms with Crippen LogP contribution in [0.25, 0.3) is 0 Å². The van der Waals surface area contributed by atoms with Crippen LogP contribution in [0.2, 0.25) is 0 Å². The molecular weight excluding hydrogens is 278 g/mol. The lowest BCUT2D eigenvalue weighted by atomic mass is 10.1. The molecule has 1 saturated heterocycles. The van der Waals surface area contributed by atoms with Crippen molar-refractivity contribution in [2.75, 3.05) is 33.2 Å². The van der Waals surface area contributed by atoms with Crippen LogP contribution in [0.1, 0.15) is 45.4 Å². The molecule has 1 heterocycles. The Morgan fingerprint density at radius 3 is 2.77 bits per heavy atom. The third kappa shape index (κ3) is 5.48. The summed E-state index contributed by atoms with van der Waals surface area (Å²) in [5.74, 6) is 1.02. The van der Waals surface area contributed by atoms with Crippen molar-refractivity contribution in [3.05, 3.63) is 0 Å². The van der Waals surface area contributed by atoms with Gasteiger partial charge in [-0.15, -0.1) is 0 Å². The molecule has 3 N–H and O–H groups in total. The molecule has 0 spiro atoms. The van der Waals surface area contributed by atoms with Gasteiger partial charge in [-0.25, -0.2) is 0 Å². The van der Waals surface area contributed by atoms with Crippen molar-refractivity contribution >= 4 is 11.9 Å². The van der Waals surface area contributed by atoms with E-state index in [0.717, 1.165) is 38.1 Å². The van der Waals surface area contributed by atoms with Gasteiger partial charge in [0.15, 0.2) is 5.96 Å². The van der Waals surface area contributed by atoms with Crippen molar-refractivity contribution in [1.82, 2.24) is 20.9 Å². The van der Waals surface area contributed by atoms with E-state index in [1.807, 2.05) is 0 Å².